The molecule has 0 aromatic carbocycles. The Kier molecular flexibility index (Phi) is 5.88. The molecule has 0 saturated heterocycles. The summed E-state index contributed by atoms with van der Waals surface area (Å²) in [4.78, 5) is 11.0. The van der Waals surface area contributed by atoms with E-state index >= 15 is 0 Å². The van der Waals surface area contributed by atoms with Crippen molar-refractivity contribution < 1.29 is 9.90 Å². The molecule has 2 unspecified atom stereocenters. The van der Waals surface area contributed by atoms with Gasteiger partial charge in [-0.15, -0.1) is 0 Å². The van der Waals surface area contributed by atoms with E-state index in [2.05, 4.69) is 19.2 Å². The summed E-state index contributed by atoms with van der Waals surface area (Å²) in [6.45, 7) is 5.79. The molecule has 0 radical (unpaired) electrons. The Bertz CT molecular complexity index is 308. The minimum atomic E-state index is -0.594. The number of carboxylic acid groups (broad SMARTS) is 1. The maximum Gasteiger partial charge on any atom is 0.306 e. The summed E-state index contributed by atoms with van der Waals surface area (Å²) in [6, 6.07) is 0.702. The van der Waals surface area contributed by atoms with Crippen LogP contribution in [0, 0.1) is 23.7 Å². The second-order valence-corrected chi connectivity index (χ2v) is 7.33. The fourth-order valence-corrected chi connectivity index (χ4v) is 3.97. The zero-order chi connectivity index (χ0) is 14.5. The van der Waals surface area contributed by atoms with Gasteiger partial charge in [0, 0.05) is 6.04 Å². The smallest absolute Gasteiger partial charge is 0.306 e. The number of hydrogen-bond acceptors (Lipinski definition) is 2. The Morgan fingerprint density at radius 2 is 1.85 bits per heavy atom. The zero-order valence-electron chi connectivity index (χ0n) is 13.1. The van der Waals surface area contributed by atoms with Gasteiger partial charge in [0.05, 0.1) is 5.92 Å². The number of nitrogens with one attached hydrogen (secondary N) is 1. The van der Waals surface area contributed by atoms with E-state index in [1.165, 1.54) is 25.7 Å². The van der Waals surface area contributed by atoms with E-state index in [1.807, 2.05) is 0 Å². The third-order valence-electron chi connectivity index (χ3n) is 5.55. The molecule has 2 aliphatic rings. The second kappa shape index (κ2) is 7.44. The van der Waals surface area contributed by atoms with Gasteiger partial charge in [-0.25, -0.2) is 0 Å². The summed E-state index contributed by atoms with van der Waals surface area (Å²) in [5, 5.41) is 12.8. The van der Waals surface area contributed by atoms with Crippen molar-refractivity contribution in [1.29, 1.82) is 0 Å². The van der Waals surface area contributed by atoms with E-state index in [0.29, 0.717) is 12.0 Å². The molecule has 2 fully saturated rings. The SMILES string of the molecule is CC(C)C1CCCC(NCC2CCC(C(=O)O)CC2)C1. The van der Waals surface area contributed by atoms with E-state index in [-0.39, 0.29) is 5.92 Å². The van der Waals surface area contributed by atoms with Gasteiger partial charge in [0.2, 0.25) is 0 Å². The minimum Gasteiger partial charge on any atom is -0.481 e. The van der Waals surface area contributed by atoms with Crippen LogP contribution in [0.15, 0.2) is 0 Å². The van der Waals surface area contributed by atoms with Crippen molar-refractivity contribution in [2.45, 2.75) is 71.3 Å². The molecule has 0 spiro atoms. The first-order chi connectivity index (χ1) is 9.56. The molecule has 2 N–H and O–H groups in total. The quantitative estimate of drug-likeness (QED) is 0.808. The van der Waals surface area contributed by atoms with E-state index in [1.54, 1.807) is 0 Å². The molecule has 3 heteroatoms. The Morgan fingerprint density at radius 1 is 1.15 bits per heavy atom. The van der Waals surface area contributed by atoms with Gasteiger partial charge in [0.1, 0.15) is 0 Å². The molecule has 116 valence electrons. The van der Waals surface area contributed by atoms with Crippen molar-refractivity contribution in [3.63, 3.8) is 0 Å². The van der Waals surface area contributed by atoms with Crippen molar-refractivity contribution in [2.24, 2.45) is 23.7 Å². The largest absolute Gasteiger partial charge is 0.481 e. The van der Waals surface area contributed by atoms with Gasteiger partial charge in [0.15, 0.2) is 0 Å². The van der Waals surface area contributed by atoms with Crippen molar-refractivity contribution >= 4 is 5.97 Å². The zero-order valence-corrected chi connectivity index (χ0v) is 13.1. The molecule has 2 rings (SSSR count). The molecule has 2 atom stereocenters. The summed E-state index contributed by atoms with van der Waals surface area (Å²) in [7, 11) is 0. The molecule has 0 heterocycles. The highest BCUT2D eigenvalue weighted by Gasteiger charge is 2.27. The Hall–Kier alpha value is -0.570. The number of aliphatic carboxylic acids is 1. The van der Waals surface area contributed by atoms with Crippen LogP contribution in [0.1, 0.15) is 65.2 Å². The van der Waals surface area contributed by atoms with Crippen LogP contribution in [-0.4, -0.2) is 23.7 Å². The molecule has 2 saturated carbocycles. The van der Waals surface area contributed by atoms with Gasteiger partial charge in [0.25, 0.3) is 0 Å². The van der Waals surface area contributed by atoms with Gasteiger partial charge in [-0.2, -0.15) is 0 Å². The fourth-order valence-electron chi connectivity index (χ4n) is 3.97. The number of hydrogen-bond donors (Lipinski definition) is 2. The van der Waals surface area contributed by atoms with Crippen LogP contribution in [0.25, 0.3) is 0 Å². The molecular weight excluding hydrogens is 250 g/mol. The van der Waals surface area contributed by atoms with Crippen LogP contribution < -0.4 is 5.32 Å². The maximum absolute atomic E-state index is 11.0. The lowest BCUT2D eigenvalue weighted by Gasteiger charge is -2.34. The van der Waals surface area contributed by atoms with Gasteiger partial charge >= 0.3 is 5.97 Å². The number of carbonyl (C=O) groups is 1. The Balaban J connectivity index is 1.67. The monoisotopic (exact) mass is 281 g/mol. The van der Waals surface area contributed by atoms with Crippen LogP contribution in [0.4, 0.5) is 0 Å². The van der Waals surface area contributed by atoms with Crippen molar-refractivity contribution in [2.75, 3.05) is 6.54 Å². The Morgan fingerprint density at radius 3 is 2.45 bits per heavy atom. The van der Waals surface area contributed by atoms with Crippen LogP contribution in [0.5, 0.6) is 0 Å². The van der Waals surface area contributed by atoms with Crippen molar-refractivity contribution in [3.8, 4) is 0 Å². The maximum atomic E-state index is 11.0. The summed E-state index contributed by atoms with van der Waals surface area (Å²) in [5.41, 5.74) is 0. The topological polar surface area (TPSA) is 49.3 Å². The number of rotatable bonds is 5. The molecule has 0 aromatic heterocycles. The lowest BCUT2D eigenvalue weighted by atomic mass is 9.78. The summed E-state index contributed by atoms with van der Waals surface area (Å²) < 4.78 is 0. The van der Waals surface area contributed by atoms with E-state index in [0.717, 1.165) is 44.1 Å². The number of carboxylic acids is 1. The molecular formula is C17H31NO2. The highest BCUT2D eigenvalue weighted by atomic mass is 16.4. The van der Waals surface area contributed by atoms with E-state index in [4.69, 9.17) is 5.11 Å². The fraction of sp³-hybridized carbons (Fsp3) is 0.941. The van der Waals surface area contributed by atoms with Crippen LogP contribution >= 0.6 is 0 Å². The molecule has 2 aliphatic carbocycles. The van der Waals surface area contributed by atoms with Gasteiger partial charge < -0.3 is 10.4 Å². The normalized spacial score (nSPS) is 35.1. The van der Waals surface area contributed by atoms with E-state index < -0.39 is 5.97 Å². The van der Waals surface area contributed by atoms with Crippen molar-refractivity contribution in [3.05, 3.63) is 0 Å². The highest BCUT2D eigenvalue weighted by molar-refractivity contribution is 5.69. The lowest BCUT2D eigenvalue weighted by molar-refractivity contribution is -0.143. The van der Waals surface area contributed by atoms with Crippen LogP contribution in [-0.2, 0) is 4.79 Å². The highest BCUT2D eigenvalue weighted by Crippen LogP contribution is 2.31. The minimum absolute atomic E-state index is 0.0775. The average Bonchev–Trinajstić information content (AvgIpc) is 2.46. The third-order valence-corrected chi connectivity index (χ3v) is 5.55. The first-order valence-electron chi connectivity index (χ1n) is 8.52. The third kappa shape index (κ3) is 4.47. The van der Waals surface area contributed by atoms with Gasteiger partial charge in [-0.1, -0.05) is 26.7 Å². The first-order valence-corrected chi connectivity index (χ1v) is 8.52. The second-order valence-electron chi connectivity index (χ2n) is 7.33. The molecule has 0 aromatic rings. The lowest BCUT2D eigenvalue weighted by Crippen LogP contribution is -2.39. The summed E-state index contributed by atoms with van der Waals surface area (Å²) >= 11 is 0. The van der Waals surface area contributed by atoms with Crippen LogP contribution in [0.2, 0.25) is 0 Å². The van der Waals surface area contributed by atoms with E-state index in [9.17, 15) is 4.79 Å². The summed E-state index contributed by atoms with van der Waals surface area (Å²) in [6.07, 6.45) is 9.36. The molecule has 0 aliphatic heterocycles. The van der Waals surface area contributed by atoms with Gasteiger partial charge in [-0.05, 0) is 62.8 Å². The predicted octanol–water partition coefficient (Wildman–Crippen LogP) is 3.68. The van der Waals surface area contributed by atoms with Crippen molar-refractivity contribution in [1.82, 2.24) is 5.32 Å². The molecule has 0 amide bonds. The molecule has 20 heavy (non-hydrogen) atoms. The predicted molar refractivity (Wildman–Crippen MR) is 81.7 cm³/mol. The Labute approximate surface area is 123 Å². The summed E-state index contributed by atoms with van der Waals surface area (Å²) in [5.74, 6) is 1.73. The standard InChI is InChI=1S/C17H31NO2/c1-12(2)15-4-3-5-16(10-15)18-11-13-6-8-14(9-7-13)17(19)20/h12-16,18H,3-11H2,1-2H3,(H,19,20). The first kappa shape index (κ1) is 15.8. The molecule has 0 bridgehead atoms. The van der Waals surface area contributed by atoms with Crippen LogP contribution in [0.3, 0.4) is 0 Å². The average molecular weight is 281 g/mol. The molecule has 3 nitrogen and oxygen atoms in total. The van der Waals surface area contributed by atoms with Gasteiger partial charge in [-0.3, -0.25) is 4.79 Å².